The third kappa shape index (κ3) is 31.5. The minimum atomic E-state index is -4.61. The minimum Gasteiger partial charge on any atom is -0.462 e. The second kappa shape index (κ2) is 37.2. The summed E-state index contributed by atoms with van der Waals surface area (Å²) >= 11 is 0. The number of esters is 2. The van der Waals surface area contributed by atoms with Gasteiger partial charge >= 0.3 is 11.9 Å². The van der Waals surface area contributed by atoms with E-state index in [2.05, 4.69) is 56.4 Å². The molecule has 1 aliphatic heterocycles. The second-order valence-electron chi connectivity index (χ2n) is 16.1. The smallest absolute Gasteiger partial charge is 0.306 e. The Morgan fingerprint density at radius 3 is 1.60 bits per heavy atom. The standard InChI is InChI=1S/C47H82O12S/c1-3-5-7-9-11-13-15-17-19-20-22-23-25-27-29-31-33-35-42(48)56-37-40(38-57-47-46(52)45(51)44(50)41(59-47)39-60(53,54)55)58-43(49)36-34-32-30-28-26-24-21-18-16-14-12-10-8-6-4-2/h10,12,17,19,22-23,27,29,40-41,44-47,50-52H,3-9,11,13-16,18,20-21,24-26,28,30-39H2,1-2H3,(H,53,54,55)/b12-10+,19-17+,23-22+,29-27+/t40-,41-,44-,45?,46?,47+/m1/s1. The summed E-state index contributed by atoms with van der Waals surface area (Å²) in [6, 6.07) is 0. The first kappa shape index (κ1) is 55.6. The van der Waals surface area contributed by atoms with E-state index < -0.39 is 71.2 Å². The molecule has 0 aromatic rings. The fourth-order valence-corrected chi connectivity index (χ4v) is 7.42. The van der Waals surface area contributed by atoms with Gasteiger partial charge in [-0.1, -0.05) is 152 Å². The van der Waals surface area contributed by atoms with E-state index in [4.69, 9.17) is 18.9 Å². The summed E-state index contributed by atoms with van der Waals surface area (Å²) in [5.41, 5.74) is 0. The lowest BCUT2D eigenvalue weighted by atomic mass is 10.00. The average molecular weight is 871 g/mol. The molecule has 0 spiro atoms. The lowest BCUT2D eigenvalue weighted by Gasteiger charge is -2.40. The third-order valence-electron chi connectivity index (χ3n) is 10.4. The number of ether oxygens (including phenoxy) is 4. The first-order valence-electron chi connectivity index (χ1n) is 23.2. The van der Waals surface area contributed by atoms with Crippen molar-refractivity contribution < 1.29 is 56.8 Å². The van der Waals surface area contributed by atoms with Gasteiger partial charge in [0, 0.05) is 12.8 Å². The second-order valence-corrected chi connectivity index (χ2v) is 17.6. The summed E-state index contributed by atoms with van der Waals surface area (Å²) < 4.78 is 54.0. The van der Waals surface area contributed by atoms with Crippen molar-refractivity contribution in [1.82, 2.24) is 0 Å². The Bertz CT molecular complexity index is 1300. The quantitative estimate of drug-likeness (QED) is 0.0200. The van der Waals surface area contributed by atoms with Gasteiger partial charge in [-0.15, -0.1) is 0 Å². The molecule has 0 aliphatic carbocycles. The zero-order chi connectivity index (χ0) is 44.1. The lowest BCUT2D eigenvalue weighted by Crippen LogP contribution is -2.60. The van der Waals surface area contributed by atoms with E-state index >= 15 is 0 Å². The van der Waals surface area contributed by atoms with Crippen LogP contribution in [0.3, 0.4) is 0 Å². The molecule has 348 valence electrons. The van der Waals surface area contributed by atoms with E-state index in [1.165, 1.54) is 89.9 Å². The van der Waals surface area contributed by atoms with Crippen molar-refractivity contribution in [3.05, 3.63) is 48.6 Å². The van der Waals surface area contributed by atoms with Crippen LogP contribution in [0.2, 0.25) is 0 Å². The van der Waals surface area contributed by atoms with Crippen LogP contribution in [0.15, 0.2) is 48.6 Å². The van der Waals surface area contributed by atoms with Gasteiger partial charge in [-0.05, 0) is 64.2 Å². The normalized spacial score (nSPS) is 20.5. The van der Waals surface area contributed by atoms with Crippen LogP contribution < -0.4 is 0 Å². The molecule has 0 amide bonds. The Morgan fingerprint density at radius 1 is 0.567 bits per heavy atom. The molecule has 12 nitrogen and oxygen atoms in total. The van der Waals surface area contributed by atoms with Crippen LogP contribution in [-0.4, -0.2) is 96.0 Å². The maximum atomic E-state index is 12.8. The molecule has 13 heteroatoms. The monoisotopic (exact) mass is 871 g/mol. The van der Waals surface area contributed by atoms with E-state index in [0.29, 0.717) is 19.3 Å². The summed E-state index contributed by atoms with van der Waals surface area (Å²) in [6.07, 6.45) is 34.4. The average Bonchev–Trinajstić information content (AvgIpc) is 3.21. The van der Waals surface area contributed by atoms with Gasteiger partial charge in [0.05, 0.1) is 6.61 Å². The summed E-state index contributed by atoms with van der Waals surface area (Å²) in [5.74, 6) is -2.05. The topological polar surface area (TPSA) is 186 Å². The molecule has 1 fully saturated rings. The maximum absolute atomic E-state index is 12.8. The Labute approximate surface area is 363 Å². The van der Waals surface area contributed by atoms with E-state index in [0.717, 1.165) is 44.9 Å². The number of carbonyl (C=O) groups excluding carboxylic acids is 2. The molecule has 1 rings (SSSR count). The summed E-state index contributed by atoms with van der Waals surface area (Å²) in [5, 5.41) is 30.9. The van der Waals surface area contributed by atoms with Gasteiger partial charge < -0.3 is 34.3 Å². The number of hydrogen-bond donors (Lipinski definition) is 4. The van der Waals surface area contributed by atoms with Crippen molar-refractivity contribution in [1.29, 1.82) is 0 Å². The molecule has 0 radical (unpaired) electrons. The highest BCUT2D eigenvalue weighted by atomic mass is 32.2. The van der Waals surface area contributed by atoms with Crippen molar-refractivity contribution in [2.75, 3.05) is 19.0 Å². The molecular weight excluding hydrogens is 789 g/mol. The predicted octanol–water partition coefficient (Wildman–Crippen LogP) is 9.56. The highest BCUT2D eigenvalue weighted by Crippen LogP contribution is 2.24. The van der Waals surface area contributed by atoms with Gasteiger partial charge in [0.25, 0.3) is 10.1 Å². The van der Waals surface area contributed by atoms with Crippen LogP contribution >= 0.6 is 0 Å². The first-order valence-corrected chi connectivity index (χ1v) is 24.8. The van der Waals surface area contributed by atoms with E-state index in [1.54, 1.807) is 0 Å². The molecule has 4 N–H and O–H groups in total. The van der Waals surface area contributed by atoms with Gasteiger partial charge in [-0.2, -0.15) is 8.42 Å². The summed E-state index contributed by atoms with van der Waals surface area (Å²) in [6.45, 7) is 3.68. The van der Waals surface area contributed by atoms with E-state index in [1.807, 2.05) is 6.08 Å². The van der Waals surface area contributed by atoms with Crippen LogP contribution in [-0.2, 0) is 38.7 Å². The molecule has 0 bridgehead atoms. The number of carbonyl (C=O) groups is 2. The molecule has 0 aromatic heterocycles. The van der Waals surface area contributed by atoms with Crippen molar-refractivity contribution in [3.8, 4) is 0 Å². The number of unbranched alkanes of at least 4 members (excludes halogenated alkanes) is 18. The number of rotatable bonds is 38. The van der Waals surface area contributed by atoms with Gasteiger partial charge in [0.1, 0.15) is 36.8 Å². The van der Waals surface area contributed by atoms with Crippen LogP contribution in [0.4, 0.5) is 0 Å². The molecule has 0 aromatic carbocycles. The van der Waals surface area contributed by atoms with E-state index in [-0.39, 0.29) is 19.4 Å². The molecule has 1 saturated heterocycles. The number of hydrogen-bond acceptors (Lipinski definition) is 11. The molecule has 2 unspecified atom stereocenters. The number of aliphatic hydroxyl groups excluding tert-OH is 3. The highest BCUT2D eigenvalue weighted by Gasteiger charge is 2.46. The van der Waals surface area contributed by atoms with Gasteiger partial charge in [0.2, 0.25) is 0 Å². The Morgan fingerprint density at radius 2 is 1.03 bits per heavy atom. The Balaban J connectivity index is 2.48. The first-order chi connectivity index (χ1) is 29.0. The SMILES string of the molecule is CCCC/C=C/CCCCCCCCCCCC(=O)O[C@H](COC(=O)CCC/C=C/C/C=C/C/C=C/CCCCCCCC)CO[C@H]1O[C@H](CS(=O)(=O)O)[C@@H](O)C(O)C1O. The van der Waals surface area contributed by atoms with Crippen LogP contribution in [0.5, 0.6) is 0 Å². The summed E-state index contributed by atoms with van der Waals surface area (Å²) in [7, 11) is -4.61. The number of aliphatic hydroxyl groups is 3. The van der Waals surface area contributed by atoms with Crippen molar-refractivity contribution in [2.24, 2.45) is 0 Å². The Hall–Kier alpha value is -2.39. The zero-order valence-corrected chi connectivity index (χ0v) is 37.9. The largest absolute Gasteiger partial charge is 0.462 e. The summed E-state index contributed by atoms with van der Waals surface area (Å²) in [4.78, 5) is 25.4. The Kier molecular flexibility index (Phi) is 34.5. The third-order valence-corrected chi connectivity index (χ3v) is 11.1. The molecule has 0 saturated carbocycles. The number of allylic oxidation sites excluding steroid dienone is 8. The highest BCUT2D eigenvalue weighted by molar-refractivity contribution is 7.85. The van der Waals surface area contributed by atoms with Crippen molar-refractivity contribution in [2.45, 2.75) is 218 Å². The molecule has 1 heterocycles. The zero-order valence-electron chi connectivity index (χ0n) is 37.1. The maximum Gasteiger partial charge on any atom is 0.306 e. The molecule has 1 aliphatic rings. The van der Waals surface area contributed by atoms with Crippen LogP contribution in [0, 0.1) is 0 Å². The van der Waals surface area contributed by atoms with Gasteiger partial charge in [-0.25, -0.2) is 0 Å². The fraction of sp³-hybridized carbons (Fsp3) is 0.787. The van der Waals surface area contributed by atoms with Crippen LogP contribution in [0.1, 0.15) is 181 Å². The van der Waals surface area contributed by atoms with Gasteiger partial charge in [0.15, 0.2) is 12.4 Å². The molecule has 60 heavy (non-hydrogen) atoms. The van der Waals surface area contributed by atoms with Crippen molar-refractivity contribution >= 4 is 22.1 Å². The molecular formula is C47H82O12S. The fourth-order valence-electron chi connectivity index (χ4n) is 6.73. The predicted molar refractivity (Wildman–Crippen MR) is 238 cm³/mol. The minimum absolute atomic E-state index is 0.146. The lowest BCUT2D eigenvalue weighted by molar-refractivity contribution is -0.297. The van der Waals surface area contributed by atoms with Crippen molar-refractivity contribution in [3.63, 3.8) is 0 Å². The van der Waals surface area contributed by atoms with Crippen LogP contribution in [0.25, 0.3) is 0 Å². The van der Waals surface area contributed by atoms with Gasteiger partial charge in [-0.3, -0.25) is 14.1 Å². The van der Waals surface area contributed by atoms with E-state index in [9.17, 15) is 37.9 Å². The molecule has 6 atom stereocenters.